The monoisotopic (exact) mass is 479 g/mol. The van der Waals surface area contributed by atoms with Crippen molar-refractivity contribution >= 4 is 17.5 Å². The first kappa shape index (κ1) is 22.0. The van der Waals surface area contributed by atoms with Crippen LogP contribution < -0.4 is 5.32 Å². The number of carbonyl (C=O) groups excluding carboxylic acids is 1. The van der Waals surface area contributed by atoms with E-state index in [4.69, 9.17) is 11.6 Å². The molecule has 8 nitrogen and oxygen atoms in total. The second kappa shape index (κ2) is 7.46. The van der Waals surface area contributed by atoms with Gasteiger partial charge in [0.2, 0.25) is 5.82 Å². The van der Waals surface area contributed by atoms with Crippen molar-refractivity contribution in [1.29, 1.82) is 0 Å². The van der Waals surface area contributed by atoms with Crippen LogP contribution in [0.25, 0.3) is 11.3 Å². The number of nitrogens with one attached hydrogen (secondary N) is 1. The number of pyridine rings is 1. The Morgan fingerprint density at radius 1 is 1.16 bits per heavy atom. The number of fused-ring (bicyclic) bond motifs is 1. The highest BCUT2D eigenvalue weighted by atomic mass is 35.5. The summed E-state index contributed by atoms with van der Waals surface area (Å²) in [6.45, 7) is 0.321. The number of nitrogens with zero attached hydrogens (tertiary/aromatic N) is 6. The fourth-order valence-corrected chi connectivity index (χ4v) is 3.48. The van der Waals surface area contributed by atoms with Crippen LogP contribution in [0.2, 0.25) is 5.02 Å². The third-order valence-electron chi connectivity index (χ3n) is 4.74. The summed E-state index contributed by atoms with van der Waals surface area (Å²) in [6.07, 6.45) is -8.24. The topological polar surface area (TPSA) is 90.5 Å². The maximum absolute atomic E-state index is 13.0. The molecule has 0 aromatic carbocycles. The Labute approximate surface area is 180 Å². The van der Waals surface area contributed by atoms with Crippen molar-refractivity contribution in [3.63, 3.8) is 0 Å². The molecule has 15 heteroatoms. The molecular formula is C17H12ClF6N7O. The summed E-state index contributed by atoms with van der Waals surface area (Å²) < 4.78 is 79.5. The number of aryl methyl sites for hydroxylation is 2. The minimum absolute atomic E-state index is 0.00379. The smallest absolute Gasteiger partial charge is 0.341 e. The molecule has 1 atom stereocenters. The van der Waals surface area contributed by atoms with Gasteiger partial charge in [-0.25, -0.2) is 4.68 Å². The number of halogens is 7. The molecule has 4 heterocycles. The van der Waals surface area contributed by atoms with Crippen LogP contribution in [0.1, 0.15) is 40.3 Å². The van der Waals surface area contributed by atoms with Gasteiger partial charge in [-0.05, 0) is 18.6 Å². The van der Waals surface area contributed by atoms with E-state index in [-0.39, 0.29) is 16.3 Å². The normalized spacial score (nSPS) is 16.3. The molecule has 1 aliphatic rings. The van der Waals surface area contributed by atoms with Gasteiger partial charge in [-0.2, -0.15) is 36.4 Å². The lowest BCUT2D eigenvalue weighted by Gasteiger charge is -2.11. The summed E-state index contributed by atoms with van der Waals surface area (Å²) >= 11 is 6.00. The first-order valence-electron chi connectivity index (χ1n) is 8.94. The quantitative estimate of drug-likeness (QED) is 0.579. The highest BCUT2D eigenvalue weighted by Gasteiger charge is 2.38. The molecular weight excluding hydrogens is 468 g/mol. The fourth-order valence-electron chi connectivity index (χ4n) is 3.28. The Kier molecular flexibility index (Phi) is 5.14. The van der Waals surface area contributed by atoms with Gasteiger partial charge >= 0.3 is 12.4 Å². The molecule has 0 fully saturated rings. The number of carbonyl (C=O) groups is 1. The summed E-state index contributed by atoms with van der Waals surface area (Å²) in [5.74, 6) is -2.88. The molecule has 4 rings (SSSR count). The summed E-state index contributed by atoms with van der Waals surface area (Å²) in [7, 11) is 1.15. The van der Waals surface area contributed by atoms with Crippen LogP contribution in [0.4, 0.5) is 26.3 Å². The molecule has 32 heavy (non-hydrogen) atoms. The molecule has 170 valence electrons. The Bertz CT molecular complexity index is 1200. The van der Waals surface area contributed by atoms with Crippen molar-refractivity contribution in [2.45, 2.75) is 31.4 Å². The van der Waals surface area contributed by atoms with Gasteiger partial charge < -0.3 is 5.32 Å². The average molecular weight is 480 g/mol. The Balaban J connectivity index is 1.59. The lowest BCUT2D eigenvalue weighted by Crippen LogP contribution is -2.29. The zero-order valence-electron chi connectivity index (χ0n) is 16.0. The number of hydrogen-bond donors (Lipinski definition) is 1. The summed E-state index contributed by atoms with van der Waals surface area (Å²) in [4.78, 5) is 19.0. The van der Waals surface area contributed by atoms with Gasteiger partial charge in [-0.15, -0.1) is 5.10 Å². The van der Waals surface area contributed by atoms with Crippen molar-refractivity contribution in [3.05, 3.63) is 46.4 Å². The van der Waals surface area contributed by atoms with Crippen LogP contribution in [0.5, 0.6) is 0 Å². The maximum Gasteiger partial charge on any atom is 0.453 e. The molecule has 0 radical (unpaired) electrons. The van der Waals surface area contributed by atoms with Gasteiger partial charge in [0.1, 0.15) is 5.69 Å². The van der Waals surface area contributed by atoms with Crippen molar-refractivity contribution in [1.82, 2.24) is 34.8 Å². The highest BCUT2D eigenvalue weighted by Crippen LogP contribution is 2.36. The third-order valence-corrected chi connectivity index (χ3v) is 5.05. The van der Waals surface area contributed by atoms with Crippen LogP contribution in [0.15, 0.2) is 18.3 Å². The van der Waals surface area contributed by atoms with E-state index in [9.17, 15) is 31.1 Å². The molecule has 0 aliphatic carbocycles. The van der Waals surface area contributed by atoms with Crippen molar-refractivity contribution in [2.75, 3.05) is 0 Å². The molecule has 0 saturated heterocycles. The Hall–Kier alpha value is -3.16. The van der Waals surface area contributed by atoms with E-state index in [1.807, 2.05) is 0 Å². The van der Waals surface area contributed by atoms with Gasteiger partial charge in [0.05, 0.1) is 22.5 Å². The third kappa shape index (κ3) is 4.01. The van der Waals surface area contributed by atoms with Crippen molar-refractivity contribution < 1.29 is 31.1 Å². The number of rotatable bonds is 3. The number of alkyl halides is 6. The standard InChI is InChI=1S/C17H12ClF6N7O/c1-30-13(27-15(29-30)17(22,23)24)14(32)26-9-2-3-31-11(9)5-10(28-31)7-4-12(16(19,20)21)25-6-8(7)18/h4-6,9H,2-3H2,1H3,(H,26,32). The molecule has 1 aliphatic heterocycles. The van der Waals surface area contributed by atoms with E-state index in [1.165, 1.54) is 10.7 Å². The molecule has 1 N–H and O–H groups in total. The Morgan fingerprint density at radius 2 is 1.88 bits per heavy atom. The van der Waals surface area contributed by atoms with Crippen LogP contribution >= 0.6 is 11.6 Å². The summed E-state index contributed by atoms with van der Waals surface area (Å²) in [6, 6.07) is 1.57. The van der Waals surface area contributed by atoms with E-state index in [2.05, 4.69) is 25.5 Å². The van der Waals surface area contributed by atoms with E-state index in [1.54, 1.807) is 0 Å². The molecule has 1 amide bonds. The number of aromatic nitrogens is 6. The predicted molar refractivity (Wildman–Crippen MR) is 96.3 cm³/mol. The average Bonchev–Trinajstić information content (AvgIpc) is 3.36. The van der Waals surface area contributed by atoms with Crippen LogP contribution in [-0.4, -0.2) is 35.4 Å². The van der Waals surface area contributed by atoms with Gasteiger partial charge in [-0.1, -0.05) is 11.6 Å². The second-order valence-corrected chi connectivity index (χ2v) is 7.33. The highest BCUT2D eigenvalue weighted by molar-refractivity contribution is 6.33. The Morgan fingerprint density at radius 3 is 2.50 bits per heavy atom. The molecule has 0 spiro atoms. The minimum Gasteiger partial charge on any atom is -0.341 e. The van der Waals surface area contributed by atoms with Gasteiger partial charge in [-0.3, -0.25) is 14.5 Å². The van der Waals surface area contributed by atoms with Gasteiger partial charge in [0.25, 0.3) is 11.7 Å². The van der Waals surface area contributed by atoms with Gasteiger partial charge in [0, 0.05) is 25.4 Å². The predicted octanol–water partition coefficient (Wildman–Crippen LogP) is 3.64. The van der Waals surface area contributed by atoms with Gasteiger partial charge in [0.15, 0.2) is 0 Å². The van der Waals surface area contributed by atoms with Crippen molar-refractivity contribution in [3.8, 4) is 11.3 Å². The first-order valence-corrected chi connectivity index (χ1v) is 9.32. The van der Waals surface area contributed by atoms with E-state index in [0.717, 1.165) is 19.3 Å². The summed E-state index contributed by atoms with van der Waals surface area (Å²) in [5, 5.41) is 9.94. The van der Waals surface area contributed by atoms with E-state index >= 15 is 0 Å². The zero-order chi connectivity index (χ0) is 23.4. The van der Waals surface area contributed by atoms with E-state index < -0.39 is 41.6 Å². The van der Waals surface area contributed by atoms with Crippen LogP contribution in [-0.2, 0) is 25.9 Å². The SMILES string of the molecule is Cn1nc(C(F)(F)F)nc1C(=O)NC1CCn2nc(-c3cc(C(F)(F)F)ncc3Cl)cc21. The lowest BCUT2D eigenvalue weighted by molar-refractivity contribution is -0.145. The molecule has 0 saturated carbocycles. The lowest BCUT2D eigenvalue weighted by atomic mass is 10.1. The minimum atomic E-state index is -4.81. The molecule has 1 unspecified atom stereocenters. The van der Waals surface area contributed by atoms with Crippen molar-refractivity contribution in [2.24, 2.45) is 7.05 Å². The first-order chi connectivity index (χ1) is 14.8. The summed E-state index contributed by atoms with van der Waals surface area (Å²) in [5.41, 5.74) is -0.551. The fraction of sp³-hybridized carbons (Fsp3) is 0.353. The zero-order valence-corrected chi connectivity index (χ0v) is 16.7. The van der Waals surface area contributed by atoms with Crippen LogP contribution in [0, 0.1) is 0 Å². The number of hydrogen-bond acceptors (Lipinski definition) is 5. The molecule has 0 bridgehead atoms. The molecule has 3 aromatic heterocycles. The largest absolute Gasteiger partial charge is 0.453 e. The number of amides is 1. The maximum atomic E-state index is 13.0. The second-order valence-electron chi connectivity index (χ2n) is 6.92. The van der Waals surface area contributed by atoms with E-state index in [0.29, 0.717) is 23.3 Å². The van der Waals surface area contributed by atoms with Crippen LogP contribution in [0.3, 0.4) is 0 Å². The molecule has 3 aromatic rings.